The van der Waals surface area contributed by atoms with Crippen molar-refractivity contribution >= 4 is 8.56 Å². The molecule has 110 valence electrons. The minimum Gasteiger partial charge on any atom is -0.395 e. The Balaban J connectivity index is 3.79. The van der Waals surface area contributed by atoms with E-state index in [-0.39, 0.29) is 0 Å². The molecule has 0 bridgehead atoms. The van der Waals surface area contributed by atoms with Gasteiger partial charge in [-0.05, 0) is 46.2 Å². The van der Waals surface area contributed by atoms with Crippen molar-refractivity contribution in [3.63, 3.8) is 0 Å². The van der Waals surface area contributed by atoms with Gasteiger partial charge in [0.05, 0.1) is 12.2 Å². The summed E-state index contributed by atoms with van der Waals surface area (Å²) < 4.78 is 11.5. The SMILES string of the molecule is CCO[Si](C)(CCCCC(O)CC(C)O)OCC. The van der Waals surface area contributed by atoms with Crippen LogP contribution in [0.1, 0.15) is 46.5 Å². The molecule has 0 aliphatic rings. The summed E-state index contributed by atoms with van der Waals surface area (Å²) in [6.07, 6.45) is 2.36. The van der Waals surface area contributed by atoms with E-state index in [1.807, 2.05) is 13.8 Å². The molecule has 0 aliphatic carbocycles. The van der Waals surface area contributed by atoms with Crippen molar-refractivity contribution in [1.29, 1.82) is 0 Å². The highest BCUT2D eigenvalue weighted by Gasteiger charge is 2.29. The Morgan fingerprint density at radius 1 is 1.06 bits per heavy atom. The maximum atomic E-state index is 9.64. The molecule has 0 aromatic heterocycles. The van der Waals surface area contributed by atoms with Gasteiger partial charge in [0.2, 0.25) is 0 Å². The van der Waals surface area contributed by atoms with E-state index in [1.165, 1.54) is 0 Å². The zero-order chi connectivity index (χ0) is 14.0. The van der Waals surface area contributed by atoms with E-state index in [0.29, 0.717) is 19.6 Å². The van der Waals surface area contributed by atoms with Crippen molar-refractivity contribution in [1.82, 2.24) is 0 Å². The number of rotatable bonds is 11. The molecule has 2 N–H and O–H groups in total. The van der Waals surface area contributed by atoms with Crippen LogP contribution in [0.3, 0.4) is 0 Å². The summed E-state index contributed by atoms with van der Waals surface area (Å²) in [5, 5.41) is 18.8. The van der Waals surface area contributed by atoms with Crippen molar-refractivity contribution < 1.29 is 19.1 Å². The van der Waals surface area contributed by atoms with E-state index < -0.39 is 20.8 Å². The number of hydrogen-bond acceptors (Lipinski definition) is 4. The fraction of sp³-hybridized carbons (Fsp3) is 1.00. The van der Waals surface area contributed by atoms with Crippen LogP contribution in [0.25, 0.3) is 0 Å². The van der Waals surface area contributed by atoms with E-state index in [9.17, 15) is 5.11 Å². The molecule has 2 unspecified atom stereocenters. The normalized spacial score (nSPS) is 15.7. The van der Waals surface area contributed by atoms with Gasteiger partial charge in [-0.3, -0.25) is 0 Å². The van der Waals surface area contributed by atoms with Gasteiger partial charge < -0.3 is 19.1 Å². The first-order valence-corrected chi connectivity index (χ1v) is 9.60. The Morgan fingerprint density at radius 2 is 1.61 bits per heavy atom. The predicted octanol–water partition coefficient (Wildman–Crippen LogP) is 2.43. The van der Waals surface area contributed by atoms with Gasteiger partial charge in [0.25, 0.3) is 0 Å². The van der Waals surface area contributed by atoms with Crippen molar-refractivity contribution in [3.8, 4) is 0 Å². The summed E-state index contributed by atoms with van der Waals surface area (Å²) in [5.41, 5.74) is 0. The Bertz CT molecular complexity index is 193. The van der Waals surface area contributed by atoms with Gasteiger partial charge in [-0.25, -0.2) is 0 Å². The summed E-state index contributed by atoms with van der Waals surface area (Å²) in [4.78, 5) is 0. The van der Waals surface area contributed by atoms with Gasteiger partial charge in [0.15, 0.2) is 0 Å². The van der Waals surface area contributed by atoms with E-state index in [0.717, 1.165) is 25.3 Å². The molecule has 4 nitrogen and oxygen atoms in total. The Hall–Kier alpha value is 0.0569. The molecule has 18 heavy (non-hydrogen) atoms. The molecular weight excluding hydrogens is 248 g/mol. The van der Waals surface area contributed by atoms with E-state index >= 15 is 0 Å². The summed E-state index contributed by atoms with van der Waals surface area (Å²) in [6, 6.07) is 0.968. The highest BCUT2D eigenvalue weighted by molar-refractivity contribution is 6.66. The van der Waals surface area contributed by atoms with Crippen LogP contribution < -0.4 is 0 Å². The molecule has 0 saturated heterocycles. The standard InChI is InChI=1S/C13H30O4Si/c1-5-16-18(4,17-6-2)10-8-7-9-13(15)11-12(3)14/h12-15H,5-11H2,1-4H3. The van der Waals surface area contributed by atoms with Crippen LogP contribution in [0, 0.1) is 0 Å². The largest absolute Gasteiger partial charge is 0.395 e. The van der Waals surface area contributed by atoms with Crippen molar-refractivity contribution in [3.05, 3.63) is 0 Å². The first kappa shape index (κ1) is 18.1. The minimum atomic E-state index is -1.98. The van der Waals surface area contributed by atoms with Gasteiger partial charge in [0, 0.05) is 13.2 Å². The smallest absolute Gasteiger partial charge is 0.334 e. The van der Waals surface area contributed by atoms with Crippen molar-refractivity contribution in [2.75, 3.05) is 13.2 Å². The van der Waals surface area contributed by atoms with E-state index in [1.54, 1.807) is 6.92 Å². The quantitative estimate of drug-likeness (QED) is 0.450. The molecule has 0 fully saturated rings. The summed E-state index contributed by atoms with van der Waals surface area (Å²) >= 11 is 0. The highest BCUT2D eigenvalue weighted by atomic mass is 28.4. The molecule has 0 aromatic rings. The van der Waals surface area contributed by atoms with E-state index in [4.69, 9.17) is 14.0 Å². The Morgan fingerprint density at radius 3 is 2.06 bits per heavy atom. The molecule has 0 spiro atoms. The fourth-order valence-electron chi connectivity index (χ4n) is 2.13. The lowest BCUT2D eigenvalue weighted by atomic mass is 10.1. The minimum absolute atomic E-state index is 0.392. The second-order valence-corrected chi connectivity index (χ2v) is 8.33. The summed E-state index contributed by atoms with van der Waals surface area (Å²) in [5.74, 6) is 0. The molecule has 0 aromatic carbocycles. The summed E-state index contributed by atoms with van der Waals surface area (Å²) in [7, 11) is -1.98. The lowest BCUT2D eigenvalue weighted by Gasteiger charge is -2.26. The van der Waals surface area contributed by atoms with Crippen LogP contribution in [-0.4, -0.2) is 44.2 Å². The molecule has 0 heterocycles. The van der Waals surface area contributed by atoms with Crippen LogP contribution in [0.15, 0.2) is 0 Å². The van der Waals surface area contributed by atoms with Crippen LogP contribution >= 0.6 is 0 Å². The Labute approximate surface area is 113 Å². The maximum absolute atomic E-state index is 9.64. The van der Waals surface area contributed by atoms with Gasteiger partial charge >= 0.3 is 8.56 Å². The third kappa shape index (κ3) is 9.05. The maximum Gasteiger partial charge on any atom is 0.334 e. The highest BCUT2D eigenvalue weighted by Crippen LogP contribution is 2.19. The first-order valence-electron chi connectivity index (χ1n) is 7.07. The van der Waals surface area contributed by atoms with Gasteiger partial charge in [0.1, 0.15) is 0 Å². The molecular formula is C13H30O4Si. The van der Waals surface area contributed by atoms with Gasteiger partial charge in [-0.15, -0.1) is 0 Å². The molecule has 0 rings (SSSR count). The average molecular weight is 278 g/mol. The number of aliphatic hydroxyl groups is 2. The number of aliphatic hydroxyl groups excluding tert-OH is 2. The monoisotopic (exact) mass is 278 g/mol. The molecule has 0 aliphatic heterocycles. The van der Waals surface area contributed by atoms with Gasteiger partial charge in [-0.1, -0.05) is 12.8 Å². The molecule has 5 heteroatoms. The first-order chi connectivity index (χ1) is 8.43. The summed E-state index contributed by atoms with van der Waals surface area (Å²) in [6.45, 7) is 9.21. The lowest BCUT2D eigenvalue weighted by molar-refractivity contribution is 0.0834. The fourth-order valence-corrected chi connectivity index (χ4v) is 4.62. The zero-order valence-electron chi connectivity index (χ0n) is 12.3. The average Bonchev–Trinajstić information content (AvgIpc) is 2.24. The second kappa shape index (κ2) is 9.92. The van der Waals surface area contributed by atoms with E-state index in [2.05, 4.69) is 6.55 Å². The van der Waals surface area contributed by atoms with Crippen LogP contribution in [0.5, 0.6) is 0 Å². The van der Waals surface area contributed by atoms with Crippen molar-refractivity contribution in [2.24, 2.45) is 0 Å². The van der Waals surface area contributed by atoms with Crippen LogP contribution in [0.2, 0.25) is 12.6 Å². The topological polar surface area (TPSA) is 58.9 Å². The molecule has 0 radical (unpaired) electrons. The zero-order valence-corrected chi connectivity index (χ0v) is 13.3. The van der Waals surface area contributed by atoms with Gasteiger partial charge in [-0.2, -0.15) is 0 Å². The molecule has 0 saturated carbocycles. The lowest BCUT2D eigenvalue weighted by Crippen LogP contribution is -2.38. The van der Waals surface area contributed by atoms with Crippen LogP contribution in [-0.2, 0) is 8.85 Å². The number of hydrogen-bond donors (Lipinski definition) is 2. The molecule has 2 atom stereocenters. The second-order valence-electron chi connectivity index (χ2n) is 4.98. The van der Waals surface area contributed by atoms with Crippen LogP contribution in [0.4, 0.5) is 0 Å². The third-order valence-electron chi connectivity index (χ3n) is 2.93. The third-order valence-corrected chi connectivity index (χ3v) is 5.99. The Kier molecular flexibility index (Phi) is 9.95. The number of unbranched alkanes of at least 4 members (excludes halogenated alkanes) is 1. The van der Waals surface area contributed by atoms with Crippen molar-refractivity contribution in [2.45, 2.75) is 71.3 Å². The molecule has 0 amide bonds. The predicted molar refractivity (Wildman–Crippen MR) is 75.8 cm³/mol.